The highest BCUT2D eigenvalue weighted by atomic mass is 15.1. The quantitative estimate of drug-likeness (QED) is 0.174. The number of nitrogens with zero attached hydrogens (tertiary/aromatic N) is 2. The van der Waals surface area contributed by atoms with E-state index in [1.807, 2.05) is 0 Å². The summed E-state index contributed by atoms with van der Waals surface area (Å²) in [7, 11) is 0. The predicted molar refractivity (Wildman–Crippen MR) is 246 cm³/mol. The van der Waals surface area contributed by atoms with Gasteiger partial charge in [0.25, 0.3) is 0 Å². The number of aromatic nitrogens is 1. The van der Waals surface area contributed by atoms with Crippen molar-refractivity contribution in [3.63, 3.8) is 0 Å². The van der Waals surface area contributed by atoms with E-state index >= 15 is 0 Å². The van der Waals surface area contributed by atoms with Gasteiger partial charge in [0.15, 0.2) is 0 Å². The monoisotopic (exact) mass is 742 g/mol. The third kappa shape index (κ3) is 4.49. The SMILES string of the molecule is CC1(C)c2ccccc2-c2ccc(N(c3ccc4c(c3)C(C)(C)c3ccccc3-4)c3cccc4c3ccc3c4c4ccccc4n3-c3ccc4ccccc4c3)cc21. The smallest absolute Gasteiger partial charge is 0.0547 e. The van der Waals surface area contributed by atoms with E-state index in [1.54, 1.807) is 0 Å². The molecule has 2 nitrogen and oxygen atoms in total. The van der Waals surface area contributed by atoms with Crippen molar-refractivity contribution >= 4 is 60.4 Å². The molecule has 1 aromatic heterocycles. The standard InChI is InChI=1S/C56H42N2/c1-55(2)47-20-10-7-16-40(47)42-28-26-38(33-49(42)55)57(39-27-29-43-41-17-8-11-21-48(41)56(3,4)50(43)34-39)51-23-13-19-45-44(51)30-31-53-54(45)46-18-9-12-22-52(46)58(53)37-25-24-35-14-5-6-15-36(35)32-37/h5-34H,1-4H3. The molecule has 2 heteroatoms. The number of hydrogen-bond donors (Lipinski definition) is 0. The molecular formula is C56H42N2. The molecule has 12 rings (SSSR count). The molecule has 0 amide bonds. The van der Waals surface area contributed by atoms with Gasteiger partial charge in [-0.05, 0) is 115 Å². The zero-order valence-electron chi connectivity index (χ0n) is 33.2. The summed E-state index contributed by atoms with van der Waals surface area (Å²) in [4.78, 5) is 2.52. The fourth-order valence-electron chi connectivity index (χ4n) is 10.7. The summed E-state index contributed by atoms with van der Waals surface area (Å²) < 4.78 is 2.45. The minimum absolute atomic E-state index is 0.120. The lowest BCUT2D eigenvalue weighted by Gasteiger charge is -2.30. The van der Waals surface area contributed by atoms with Gasteiger partial charge in [0.2, 0.25) is 0 Å². The van der Waals surface area contributed by atoms with Crippen molar-refractivity contribution in [2.24, 2.45) is 0 Å². The Morgan fingerprint density at radius 3 is 1.64 bits per heavy atom. The molecule has 9 aromatic carbocycles. The number of fused-ring (bicyclic) bond motifs is 12. The Morgan fingerprint density at radius 2 is 0.948 bits per heavy atom. The van der Waals surface area contributed by atoms with Gasteiger partial charge in [0.1, 0.15) is 0 Å². The molecule has 0 radical (unpaired) electrons. The molecule has 10 aromatic rings. The molecule has 0 fully saturated rings. The van der Waals surface area contributed by atoms with Crippen molar-refractivity contribution in [1.82, 2.24) is 4.57 Å². The van der Waals surface area contributed by atoms with Crippen LogP contribution in [0.3, 0.4) is 0 Å². The lowest BCUT2D eigenvalue weighted by molar-refractivity contribution is 0.660. The first kappa shape index (κ1) is 33.3. The van der Waals surface area contributed by atoms with Gasteiger partial charge in [0, 0.05) is 44.1 Å². The van der Waals surface area contributed by atoms with Crippen LogP contribution in [0.4, 0.5) is 17.1 Å². The molecular weight excluding hydrogens is 701 g/mol. The highest BCUT2D eigenvalue weighted by molar-refractivity contribution is 6.23. The summed E-state index contributed by atoms with van der Waals surface area (Å²) in [5, 5.41) is 7.50. The van der Waals surface area contributed by atoms with Gasteiger partial charge < -0.3 is 9.47 Å². The van der Waals surface area contributed by atoms with Gasteiger partial charge in [-0.1, -0.05) is 155 Å². The van der Waals surface area contributed by atoms with Crippen LogP contribution in [0.2, 0.25) is 0 Å². The van der Waals surface area contributed by atoms with Gasteiger partial charge in [0.05, 0.1) is 16.7 Å². The Morgan fingerprint density at radius 1 is 0.379 bits per heavy atom. The van der Waals surface area contributed by atoms with Crippen molar-refractivity contribution in [3.05, 3.63) is 204 Å². The predicted octanol–water partition coefficient (Wildman–Crippen LogP) is 15.2. The van der Waals surface area contributed by atoms with E-state index in [1.165, 1.54) is 111 Å². The highest BCUT2D eigenvalue weighted by Crippen LogP contribution is 2.54. The first-order valence-electron chi connectivity index (χ1n) is 20.5. The first-order valence-corrected chi connectivity index (χ1v) is 20.5. The van der Waals surface area contributed by atoms with Crippen LogP contribution in [-0.4, -0.2) is 4.57 Å². The lowest BCUT2D eigenvalue weighted by atomic mass is 9.82. The second-order valence-electron chi connectivity index (χ2n) is 17.4. The molecule has 276 valence electrons. The average molecular weight is 743 g/mol. The lowest BCUT2D eigenvalue weighted by Crippen LogP contribution is -2.18. The summed E-state index contributed by atoms with van der Waals surface area (Å²) in [6, 6.07) is 68.2. The molecule has 0 unspecified atom stereocenters. The molecule has 58 heavy (non-hydrogen) atoms. The van der Waals surface area contributed by atoms with Gasteiger partial charge in [-0.2, -0.15) is 0 Å². The zero-order valence-corrected chi connectivity index (χ0v) is 33.2. The summed E-state index contributed by atoms with van der Waals surface area (Å²) in [5.74, 6) is 0. The highest BCUT2D eigenvalue weighted by Gasteiger charge is 2.38. The van der Waals surface area contributed by atoms with Crippen molar-refractivity contribution < 1.29 is 0 Å². The maximum atomic E-state index is 2.52. The van der Waals surface area contributed by atoms with Crippen LogP contribution < -0.4 is 4.90 Å². The van der Waals surface area contributed by atoms with E-state index < -0.39 is 0 Å². The summed E-state index contributed by atoms with van der Waals surface area (Å²) in [6.45, 7) is 9.50. The summed E-state index contributed by atoms with van der Waals surface area (Å²) in [5.41, 5.74) is 17.7. The van der Waals surface area contributed by atoms with E-state index in [-0.39, 0.29) is 10.8 Å². The molecule has 0 bridgehead atoms. The van der Waals surface area contributed by atoms with Gasteiger partial charge >= 0.3 is 0 Å². The maximum absolute atomic E-state index is 2.52. The average Bonchev–Trinajstić information content (AvgIpc) is 3.81. The van der Waals surface area contributed by atoms with E-state index in [9.17, 15) is 0 Å². The van der Waals surface area contributed by atoms with Crippen LogP contribution in [0, 0.1) is 0 Å². The number of rotatable bonds is 4. The van der Waals surface area contributed by atoms with Gasteiger partial charge in [-0.25, -0.2) is 0 Å². The molecule has 1 heterocycles. The van der Waals surface area contributed by atoms with E-state index in [0.717, 1.165) is 0 Å². The minimum atomic E-state index is -0.120. The molecule has 2 aliphatic rings. The number of para-hydroxylation sites is 1. The normalized spacial score (nSPS) is 14.5. The van der Waals surface area contributed by atoms with Crippen LogP contribution in [0.1, 0.15) is 49.9 Å². The number of anilines is 3. The van der Waals surface area contributed by atoms with Crippen LogP contribution in [0.5, 0.6) is 0 Å². The molecule has 2 aliphatic carbocycles. The van der Waals surface area contributed by atoms with Crippen molar-refractivity contribution in [2.75, 3.05) is 4.90 Å². The topological polar surface area (TPSA) is 8.17 Å². The minimum Gasteiger partial charge on any atom is -0.310 e. The first-order chi connectivity index (χ1) is 28.3. The third-order valence-electron chi connectivity index (χ3n) is 13.6. The fraction of sp³-hybridized carbons (Fsp3) is 0.107. The molecule has 0 saturated heterocycles. The fourth-order valence-corrected chi connectivity index (χ4v) is 10.7. The zero-order chi connectivity index (χ0) is 38.9. The van der Waals surface area contributed by atoms with Gasteiger partial charge in [-0.15, -0.1) is 0 Å². The van der Waals surface area contributed by atoms with E-state index in [0.29, 0.717) is 0 Å². The van der Waals surface area contributed by atoms with Crippen LogP contribution in [0.15, 0.2) is 182 Å². The van der Waals surface area contributed by atoms with Crippen LogP contribution in [0.25, 0.3) is 71.3 Å². The molecule has 0 atom stereocenters. The second kappa shape index (κ2) is 11.8. The summed E-state index contributed by atoms with van der Waals surface area (Å²) >= 11 is 0. The molecule has 0 saturated carbocycles. The Hall–Kier alpha value is -6.90. The second-order valence-corrected chi connectivity index (χ2v) is 17.4. The molecule has 0 spiro atoms. The number of benzene rings is 9. The third-order valence-corrected chi connectivity index (χ3v) is 13.6. The Balaban J connectivity index is 1.11. The van der Waals surface area contributed by atoms with E-state index in [4.69, 9.17) is 0 Å². The van der Waals surface area contributed by atoms with Crippen molar-refractivity contribution in [2.45, 2.75) is 38.5 Å². The van der Waals surface area contributed by atoms with Crippen LogP contribution >= 0.6 is 0 Å². The van der Waals surface area contributed by atoms with E-state index in [2.05, 4.69) is 219 Å². The Bertz CT molecular complexity index is 3250. The maximum Gasteiger partial charge on any atom is 0.0547 e. The number of hydrogen-bond acceptors (Lipinski definition) is 1. The Labute approximate surface area is 339 Å². The Kier molecular flexibility index (Phi) is 6.78. The largest absolute Gasteiger partial charge is 0.310 e. The van der Waals surface area contributed by atoms with Gasteiger partial charge in [-0.3, -0.25) is 0 Å². The van der Waals surface area contributed by atoms with Crippen LogP contribution in [-0.2, 0) is 10.8 Å². The summed E-state index contributed by atoms with van der Waals surface area (Å²) in [6.07, 6.45) is 0. The van der Waals surface area contributed by atoms with Crippen molar-refractivity contribution in [3.8, 4) is 27.9 Å². The molecule has 0 aliphatic heterocycles. The molecule has 0 N–H and O–H groups in total. The van der Waals surface area contributed by atoms with Crippen molar-refractivity contribution in [1.29, 1.82) is 0 Å².